The molecule has 4 N–H and O–H groups in total. The highest BCUT2D eigenvalue weighted by atomic mass is 15.3. The average Bonchev–Trinajstić information content (AvgIpc) is 3.27. The summed E-state index contributed by atoms with van der Waals surface area (Å²) in [6.45, 7) is 1.97. The molecule has 4 heterocycles. The second-order valence-corrected chi connectivity index (χ2v) is 7.32. The number of fused-ring (bicyclic) bond motifs is 2. The molecule has 1 aliphatic rings. The number of anilines is 1. The number of pyridine rings is 1. The molecule has 4 aromatic heterocycles. The Morgan fingerprint density at radius 2 is 2.00 bits per heavy atom. The van der Waals surface area contributed by atoms with Crippen molar-refractivity contribution in [3.63, 3.8) is 0 Å². The third kappa shape index (κ3) is 2.91. The molecular weight excluding hydrogens is 340 g/mol. The molecule has 8 nitrogen and oxygen atoms in total. The smallest absolute Gasteiger partial charge is 0.155 e. The lowest BCUT2D eigenvalue weighted by Gasteiger charge is -2.27. The summed E-state index contributed by atoms with van der Waals surface area (Å²) in [5.74, 6) is 0.857. The first-order valence-corrected chi connectivity index (χ1v) is 9.35. The number of imidazole rings is 1. The number of aryl methyl sites for hydroxylation is 1. The quantitative estimate of drug-likeness (QED) is 0.517. The fourth-order valence-electron chi connectivity index (χ4n) is 3.79. The summed E-state index contributed by atoms with van der Waals surface area (Å²) in [4.78, 5) is 8.96. The normalized spacial score (nSPS) is 20.4. The minimum atomic E-state index is 0.340. The summed E-state index contributed by atoms with van der Waals surface area (Å²) >= 11 is 0. The molecule has 0 unspecified atom stereocenters. The molecule has 5 rings (SSSR count). The Bertz CT molecular complexity index is 1100. The van der Waals surface area contributed by atoms with Crippen LogP contribution in [0.1, 0.15) is 31.4 Å². The van der Waals surface area contributed by atoms with Crippen molar-refractivity contribution in [2.24, 2.45) is 5.73 Å². The molecule has 0 radical (unpaired) electrons. The Kier molecular flexibility index (Phi) is 3.78. The number of aromatic amines is 1. The van der Waals surface area contributed by atoms with Crippen molar-refractivity contribution in [2.75, 3.05) is 5.32 Å². The lowest BCUT2D eigenvalue weighted by Crippen LogP contribution is -2.33. The number of hydrogen-bond acceptors (Lipinski definition) is 6. The molecule has 0 aliphatic heterocycles. The third-order valence-corrected chi connectivity index (χ3v) is 5.39. The number of rotatable bonds is 3. The van der Waals surface area contributed by atoms with Crippen LogP contribution in [0.25, 0.3) is 27.9 Å². The lowest BCUT2D eigenvalue weighted by molar-refractivity contribution is 0.410. The van der Waals surface area contributed by atoms with Crippen LogP contribution < -0.4 is 11.1 Å². The van der Waals surface area contributed by atoms with Crippen molar-refractivity contribution in [1.82, 2.24) is 29.8 Å². The van der Waals surface area contributed by atoms with Crippen LogP contribution in [0.2, 0.25) is 0 Å². The van der Waals surface area contributed by atoms with Crippen molar-refractivity contribution in [2.45, 2.75) is 44.7 Å². The van der Waals surface area contributed by atoms with Gasteiger partial charge in [0.25, 0.3) is 0 Å². The lowest BCUT2D eigenvalue weighted by atomic mass is 9.92. The maximum Gasteiger partial charge on any atom is 0.155 e. The molecule has 0 saturated heterocycles. The van der Waals surface area contributed by atoms with Crippen LogP contribution in [-0.4, -0.2) is 41.9 Å². The van der Waals surface area contributed by atoms with Gasteiger partial charge in [-0.25, -0.2) is 14.5 Å². The van der Waals surface area contributed by atoms with E-state index in [9.17, 15) is 0 Å². The highest BCUT2D eigenvalue weighted by molar-refractivity contribution is 5.82. The topological polar surface area (TPSA) is 110 Å². The molecule has 0 bridgehead atoms. The number of hydrogen-bond donors (Lipinski definition) is 3. The maximum atomic E-state index is 6.01. The monoisotopic (exact) mass is 362 g/mol. The van der Waals surface area contributed by atoms with E-state index < -0.39 is 0 Å². The zero-order valence-electron chi connectivity index (χ0n) is 15.2. The van der Waals surface area contributed by atoms with Crippen molar-refractivity contribution >= 4 is 22.5 Å². The van der Waals surface area contributed by atoms with Gasteiger partial charge in [-0.05, 0) is 50.8 Å². The van der Waals surface area contributed by atoms with Crippen LogP contribution in [0.15, 0.2) is 30.6 Å². The van der Waals surface area contributed by atoms with Gasteiger partial charge in [-0.1, -0.05) is 0 Å². The van der Waals surface area contributed by atoms with Gasteiger partial charge < -0.3 is 11.1 Å². The maximum absolute atomic E-state index is 6.01. The summed E-state index contributed by atoms with van der Waals surface area (Å²) in [5, 5.41) is 16.5. The van der Waals surface area contributed by atoms with E-state index >= 15 is 0 Å². The molecule has 0 aromatic carbocycles. The number of H-pyrrole nitrogens is 1. The molecule has 1 fully saturated rings. The molecule has 1 aliphatic carbocycles. The summed E-state index contributed by atoms with van der Waals surface area (Å²) < 4.78 is 1.87. The Balaban J connectivity index is 1.50. The molecule has 138 valence electrons. The Morgan fingerprint density at radius 1 is 1.15 bits per heavy atom. The first kappa shape index (κ1) is 16.2. The number of nitrogens with two attached hydrogens (primary N) is 1. The fraction of sp³-hybridized carbons (Fsp3) is 0.368. The molecule has 0 atom stereocenters. The number of nitrogens with zero attached hydrogens (tertiary/aromatic N) is 5. The molecule has 8 heteroatoms. The summed E-state index contributed by atoms with van der Waals surface area (Å²) in [6, 6.07) is 6.82. The highest BCUT2D eigenvalue weighted by Crippen LogP contribution is 2.25. The van der Waals surface area contributed by atoms with E-state index in [0.29, 0.717) is 12.1 Å². The second kappa shape index (κ2) is 6.31. The van der Waals surface area contributed by atoms with Gasteiger partial charge in [0, 0.05) is 29.2 Å². The van der Waals surface area contributed by atoms with E-state index in [2.05, 4.69) is 31.5 Å². The molecule has 27 heavy (non-hydrogen) atoms. The number of aromatic nitrogens is 6. The Hall–Kier alpha value is -3.00. The molecule has 0 spiro atoms. The van der Waals surface area contributed by atoms with Gasteiger partial charge in [-0.2, -0.15) is 5.10 Å². The van der Waals surface area contributed by atoms with E-state index in [0.717, 1.165) is 65.1 Å². The van der Waals surface area contributed by atoms with Gasteiger partial charge >= 0.3 is 0 Å². The minimum absolute atomic E-state index is 0.340. The molecule has 1 saturated carbocycles. The molecule has 4 aromatic rings. The predicted octanol–water partition coefficient (Wildman–Crippen LogP) is 2.66. The minimum Gasteiger partial charge on any atom is -0.366 e. The summed E-state index contributed by atoms with van der Waals surface area (Å²) in [5.41, 5.74) is 10.4. The van der Waals surface area contributed by atoms with Crippen LogP contribution in [0.3, 0.4) is 0 Å². The molecular formula is C19H22N8. The van der Waals surface area contributed by atoms with Gasteiger partial charge in [-0.3, -0.25) is 5.10 Å². The van der Waals surface area contributed by atoms with Crippen molar-refractivity contribution in [1.29, 1.82) is 0 Å². The van der Waals surface area contributed by atoms with E-state index in [1.807, 2.05) is 36.0 Å². The van der Waals surface area contributed by atoms with E-state index in [-0.39, 0.29) is 0 Å². The fourth-order valence-corrected chi connectivity index (χ4v) is 3.79. The second-order valence-electron chi connectivity index (χ2n) is 7.32. The number of nitrogens with one attached hydrogen (secondary N) is 2. The van der Waals surface area contributed by atoms with Crippen LogP contribution >= 0.6 is 0 Å². The van der Waals surface area contributed by atoms with Gasteiger partial charge in [0.05, 0.1) is 17.6 Å². The van der Waals surface area contributed by atoms with Crippen LogP contribution in [0.4, 0.5) is 5.82 Å². The average molecular weight is 362 g/mol. The van der Waals surface area contributed by atoms with Crippen LogP contribution in [0.5, 0.6) is 0 Å². The standard InChI is InChI=1S/C19H22N8/c1-11-15-8-12(9-22-19(15)25-24-11)16-10-21-18-7-6-17(26-27(16)18)23-14-4-2-13(20)3-5-14/h6-10,13-14H,2-5,20H2,1H3,(H,23,26)(H,22,24,25)/t13-,14-. The van der Waals surface area contributed by atoms with Gasteiger partial charge in [-0.15, -0.1) is 5.10 Å². The van der Waals surface area contributed by atoms with Crippen LogP contribution in [0, 0.1) is 6.92 Å². The van der Waals surface area contributed by atoms with E-state index in [4.69, 9.17) is 10.8 Å². The Morgan fingerprint density at radius 3 is 2.85 bits per heavy atom. The zero-order valence-corrected chi connectivity index (χ0v) is 15.2. The van der Waals surface area contributed by atoms with E-state index in [1.54, 1.807) is 0 Å². The summed E-state index contributed by atoms with van der Waals surface area (Å²) in [6.07, 6.45) is 7.95. The third-order valence-electron chi connectivity index (χ3n) is 5.39. The predicted molar refractivity (Wildman–Crippen MR) is 104 cm³/mol. The van der Waals surface area contributed by atoms with Gasteiger partial charge in [0.2, 0.25) is 0 Å². The van der Waals surface area contributed by atoms with Crippen molar-refractivity contribution in [3.05, 3.63) is 36.3 Å². The van der Waals surface area contributed by atoms with Crippen molar-refractivity contribution < 1.29 is 0 Å². The summed E-state index contributed by atoms with van der Waals surface area (Å²) in [7, 11) is 0. The largest absolute Gasteiger partial charge is 0.366 e. The Labute approximate surface area is 156 Å². The highest BCUT2D eigenvalue weighted by Gasteiger charge is 2.19. The first-order chi connectivity index (χ1) is 13.2. The zero-order chi connectivity index (χ0) is 18.4. The van der Waals surface area contributed by atoms with Gasteiger partial charge in [0.15, 0.2) is 11.3 Å². The SMILES string of the molecule is Cc1n[nH]c2ncc(-c3cnc4ccc(N[C@H]5CC[C@H](N)CC5)nn34)cc12. The molecule has 0 amide bonds. The first-order valence-electron chi connectivity index (χ1n) is 9.35. The van der Waals surface area contributed by atoms with Crippen molar-refractivity contribution in [3.8, 4) is 11.3 Å². The van der Waals surface area contributed by atoms with E-state index in [1.165, 1.54) is 0 Å². The van der Waals surface area contributed by atoms with Gasteiger partial charge in [0.1, 0.15) is 5.82 Å². The van der Waals surface area contributed by atoms with Crippen LogP contribution in [-0.2, 0) is 0 Å².